The molecule has 2 heterocycles. The Labute approximate surface area is 96.4 Å². The minimum absolute atomic E-state index is 0.230. The van der Waals surface area contributed by atoms with Gasteiger partial charge in [-0.1, -0.05) is 11.6 Å². The van der Waals surface area contributed by atoms with E-state index in [1.54, 1.807) is 18.6 Å². The van der Waals surface area contributed by atoms with Crippen molar-refractivity contribution >= 4 is 17.5 Å². The number of hydrogen-bond donors (Lipinski definition) is 1. The molecule has 82 valence electrons. The molecule has 0 aliphatic rings. The maximum Gasteiger partial charge on any atom is 0.272 e. The number of nitrogens with one attached hydrogen (secondary N) is 1. The second-order valence-corrected chi connectivity index (χ2v) is 3.44. The molecule has 2 aromatic rings. The van der Waals surface area contributed by atoms with Crippen molar-refractivity contribution in [2.45, 2.75) is 6.54 Å². The molecular weight excluding hydrogens is 230 g/mol. The summed E-state index contributed by atoms with van der Waals surface area (Å²) in [7, 11) is 0. The molecule has 0 aliphatic carbocycles. The van der Waals surface area contributed by atoms with E-state index in [1.807, 2.05) is 0 Å². The zero-order chi connectivity index (χ0) is 11.4. The van der Waals surface area contributed by atoms with Crippen molar-refractivity contribution in [3.63, 3.8) is 0 Å². The van der Waals surface area contributed by atoms with Gasteiger partial charge in [0.2, 0.25) is 0 Å². The fraction of sp³-hybridized carbons (Fsp3) is 0.100. The van der Waals surface area contributed by atoms with E-state index < -0.39 is 0 Å². The Morgan fingerprint density at radius 2 is 2.25 bits per heavy atom. The van der Waals surface area contributed by atoms with Crippen LogP contribution < -0.4 is 5.32 Å². The van der Waals surface area contributed by atoms with Gasteiger partial charge in [-0.3, -0.25) is 4.79 Å². The van der Waals surface area contributed by atoms with E-state index in [4.69, 9.17) is 16.0 Å². The first-order chi connectivity index (χ1) is 7.75. The van der Waals surface area contributed by atoms with Gasteiger partial charge in [0.15, 0.2) is 10.8 Å². The van der Waals surface area contributed by atoms with Crippen molar-refractivity contribution in [2.75, 3.05) is 0 Å². The van der Waals surface area contributed by atoms with Crippen LogP contribution in [0.1, 0.15) is 16.1 Å². The Morgan fingerprint density at radius 3 is 2.88 bits per heavy atom. The molecule has 2 rings (SSSR count). The van der Waals surface area contributed by atoms with Crippen LogP contribution in [0.5, 0.6) is 0 Å². The minimum Gasteiger partial charge on any atom is -0.472 e. The van der Waals surface area contributed by atoms with Gasteiger partial charge in [0.25, 0.3) is 5.91 Å². The lowest BCUT2D eigenvalue weighted by molar-refractivity contribution is 0.0945. The summed E-state index contributed by atoms with van der Waals surface area (Å²) in [5.41, 5.74) is 1.11. The van der Waals surface area contributed by atoms with Crippen LogP contribution in [0.3, 0.4) is 0 Å². The zero-order valence-corrected chi connectivity index (χ0v) is 8.94. The van der Waals surface area contributed by atoms with Gasteiger partial charge in [-0.25, -0.2) is 0 Å². The van der Waals surface area contributed by atoms with Crippen LogP contribution in [-0.2, 0) is 6.54 Å². The first kappa shape index (κ1) is 10.6. The third-order valence-electron chi connectivity index (χ3n) is 1.90. The fourth-order valence-corrected chi connectivity index (χ4v) is 1.20. The van der Waals surface area contributed by atoms with Gasteiger partial charge in [0.05, 0.1) is 12.5 Å². The number of halogens is 1. The number of aromatic nitrogens is 2. The summed E-state index contributed by atoms with van der Waals surface area (Å²) in [6.07, 6.45) is 3.11. The van der Waals surface area contributed by atoms with Crippen LogP contribution in [0, 0.1) is 0 Å². The molecule has 1 N–H and O–H groups in total. The topological polar surface area (TPSA) is 68.0 Å². The van der Waals surface area contributed by atoms with Gasteiger partial charge in [-0.05, 0) is 18.2 Å². The molecule has 0 saturated heterocycles. The van der Waals surface area contributed by atoms with Gasteiger partial charge >= 0.3 is 0 Å². The Morgan fingerprint density at radius 1 is 1.38 bits per heavy atom. The first-order valence-electron chi connectivity index (χ1n) is 4.54. The maximum absolute atomic E-state index is 11.6. The quantitative estimate of drug-likeness (QED) is 0.882. The molecule has 2 aromatic heterocycles. The Hall–Kier alpha value is -1.88. The monoisotopic (exact) mass is 237 g/mol. The minimum atomic E-state index is -0.301. The van der Waals surface area contributed by atoms with Crippen molar-refractivity contribution in [3.8, 4) is 0 Å². The summed E-state index contributed by atoms with van der Waals surface area (Å²) >= 11 is 5.56. The third-order valence-corrected chi connectivity index (χ3v) is 2.10. The normalized spacial score (nSPS) is 10.1. The number of furan rings is 1. The van der Waals surface area contributed by atoms with Crippen molar-refractivity contribution in [1.82, 2.24) is 15.5 Å². The molecule has 0 radical (unpaired) electrons. The summed E-state index contributed by atoms with van der Waals surface area (Å²) in [4.78, 5) is 11.6. The van der Waals surface area contributed by atoms with E-state index in [-0.39, 0.29) is 16.8 Å². The second-order valence-electron chi connectivity index (χ2n) is 3.06. The summed E-state index contributed by atoms with van der Waals surface area (Å²) in [6, 6.07) is 4.80. The number of rotatable bonds is 3. The van der Waals surface area contributed by atoms with Crippen molar-refractivity contribution in [1.29, 1.82) is 0 Å². The van der Waals surface area contributed by atoms with Crippen molar-refractivity contribution in [2.24, 2.45) is 0 Å². The highest BCUT2D eigenvalue weighted by molar-refractivity contribution is 6.29. The number of hydrogen-bond acceptors (Lipinski definition) is 4. The van der Waals surface area contributed by atoms with Gasteiger partial charge in [0.1, 0.15) is 0 Å². The van der Waals surface area contributed by atoms with E-state index in [2.05, 4.69) is 15.5 Å². The lowest BCUT2D eigenvalue weighted by Gasteiger charge is -2.01. The van der Waals surface area contributed by atoms with Gasteiger partial charge in [-0.2, -0.15) is 0 Å². The Bertz CT molecular complexity index is 467. The number of carbonyl (C=O) groups excluding carboxylic acids is 1. The molecule has 0 atom stereocenters. The summed E-state index contributed by atoms with van der Waals surface area (Å²) in [6.45, 7) is 0.389. The number of carbonyl (C=O) groups is 1. The molecule has 16 heavy (non-hydrogen) atoms. The van der Waals surface area contributed by atoms with Crippen LogP contribution in [0.25, 0.3) is 0 Å². The molecule has 0 fully saturated rings. The lowest BCUT2D eigenvalue weighted by Crippen LogP contribution is -2.23. The van der Waals surface area contributed by atoms with Crippen molar-refractivity contribution < 1.29 is 9.21 Å². The number of nitrogens with zero attached hydrogens (tertiary/aromatic N) is 2. The van der Waals surface area contributed by atoms with Gasteiger partial charge in [0, 0.05) is 12.1 Å². The van der Waals surface area contributed by atoms with E-state index in [0.29, 0.717) is 6.54 Å². The van der Waals surface area contributed by atoms with Crippen LogP contribution in [0.4, 0.5) is 0 Å². The molecule has 0 saturated carbocycles. The van der Waals surface area contributed by atoms with Crippen molar-refractivity contribution in [3.05, 3.63) is 47.1 Å². The average Bonchev–Trinajstić information content (AvgIpc) is 2.80. The van der Waals surface area contributed by atoms with Gasteiger partial charge in [-0.15, -0.1) is 10.2 Å². The predicted octanol–water partition coefficient (Wildman–Crippen LogP) is 1.65. The molecule has 5 nitrogen and oxygen atoms in total. The molecule has 0 unspecified atom stereocenters. The Kier molecular flexibility index (Phi) is 3.16. The SMILES string of the molecule is O=C(NCc1ccoc1)c1ccc(Cl)nn1. The third kappa shape index (κ3) is 2.58. The molecule has 0 aliphatic heterocycles. The van der Waals surface area contributed by atoms with E-state index in [1.165, 1.54) is 12.1 Å². The highest BCUT2D eigenvalue weighted by Gasteiger charge is 2.07. The zero-order valence-electron chi connectivity index (χ0n) is 8.18. The van der Waals surface area contributed by atoms with Crippen LogP contribution in [0.2, 0.25) is 5.15 Å². The standard InChI is InChI=1S/C10H8ClN3O2/c11-9-2-1-8(13-14-9)10(15)12-5-7-3-4-16-6-7/h1-4,6H,5H2,(H,12,15). The second kappa shape index (κ2) is 4.76. The van der Waals surface area contributed by atoms with Crippen LogP contribution >= 0.6 is 11.6 Å². The van der Waals surface area contributed by atoms with Crippen LogP contribution in [0.15, 0.2) is 35.1 Å². The molecule has 0 aromatic carbocycles. The summed E-state index contributed by atoms with van der Waals surface area (Å²) in [5, 5.41) is 10.2. The first-order valence-corrected chi connectivity index (χ1v) is 4.92. The largest absolute Gasteiger partial charge is 0.472 e. The molecule has 1 amide bonds. The van der Waals surface area contributed by atoms with E-state index >= 15 is 0 Å². The molecule has 6 heteroatoms. The van der Waals surface area contributed by atoms with E-state index in [0.717, 1.165) is 5.56 Å². The lowest BCUT2D eigenvalue weighted by atomic mass is 10.3. The van der Waals surface area contributed by atoms with Gasteiger partial charge < -0.3 is 9.73 Å². The highest BCUT2D eigenvalue weighted by Crippen LogP contribution is 2.03. The van der Waals surface area contributed by atoms with Crippen LogP contribution in [-0.4, -0.2) is 16.1 Å². The van der Waals surface area contributed by atoms with E-state index in [9.17, 15) is 4.79 Å². The average molecular weight is 238 g/mol. The summed E-state index contributed by atoms with van der Waals surface area (Å²) < 4.78 is 4.87. The molecule has 0 spiro atoms. The fourth-order valence-electron chi connectivity index (χ4n) is 1.10. The number of amides is 1. The molecular formula is C10H8ClN3O2. The highest BCUT2D eigenvalue weighted by atomic mass is 35.5. The Balaban J connectivity index is 1.95. The predicted molar refractivity (Wildman–Crippen MR) is 56.9 cm³/mol. The smallest absolute Gasteiger partial charge is 0.272 e. The summed E-state index contributed by atoms with van der Waals surface area (Å²) in [5.74, 6) is -0.301. The maximum atomic E-state index is 11.6. The molecule has 0 bridgehead atoms.